The van der Waals surface area contributed by atoms with E-state index in [2.05, 4.69) is 5.32 Å². The second kappa shape index (κ2) is 12.2. The predicted molar refractivity (Wildman–Crippen MR) is 145 cm³/mol. The van der Waals surface area contributed by atoms with E-state index < -0.39 is 29.7 Å². The average Bonchev–Trinajstić information content (AvgIpc) is 2.93. The number of hydrogen-bond acceptors (Lipinski definition) is 8. The van der Waals surface area contributed by atoms with Crippen LogP contribution in [0.15, 0.2) is 71.1 Å². The van der Waals surface area contributed by atoms with Crippen LogP contribution in [0.4, 0.5) is 0 Å². The van der Waals surface area contributed by atoms with Crippen molar-refractivity contribution < 1.29 is 33.3 Å². The Bertz CT molecular complexity index is 1310. The highest BCUT2D eigenvalue weighted by molar-refractivity contribution is 6.13. The first-order valence-electron chi connectivity index (χ1n) is 13.3. The van der Waals surface area contributed by atoms with Gasteiger partial charge in [0.2, 0.25) is 0 Å². The second-order valence-corrected chi connectivity index (χ2v) is 9.39. The minimum Gasteiger partial charge on any atom is -0.497 e. The molecule has 1 N–H and O–H groups in total. The standard InChI is InChI=1S/C31H35NO7/c1-6-37-21-14-12-19(13-15-21)26-25(30(34)38-7-2)18(4)32-24-17-23(20-10-9-11-22(16-20)36-5)27(29(33)28(24)26)31(35)39-8-3/h9-16,23,26-27,32H,6-8,17H2,1-5H3/t23-,26-,27-/m0/s1. The van der Waals surface area contributed by atoms with E-state index in [0.29, 0.717) is 47.1 Å². The van der Waals surface area contributed by atoms with Crippen molar-refractivity contribution in [3.8, 4) is 11.5 Å². The van der Waals surface area contributed by atoms with Gasteiger partial charge in [0.25, 0.3) is 0 Å². The quantitative estimate of drug-likeness (QED) is 0.362. The summed E-state index contributed by atoms with van der Waals surface area (Å²) in [6.45, 7) is 8.01. The van der Waals surface area contributed by atoms with E-state index in [-0.39, 0.29) is 19.0 Å². The maximum absolute atomic E-state index is 14.4. The van der Waals surface area contributed by atoms with Crippen molar-refractivity contribution in [3.63, 3.8) is 0 Å². The molecule has 0 unspecified atom stereocenters. The fourth-order valence-electron chi connectivity index (χ4n) is 5.46. The minimum atomic E-state index is -1.08. The maximum Gasteiger partial charge on any atom is 0.336 e. The summed E-state index contributed by atoms with van der Waals surface area (Å²) in [6.07, 6.45) is 0.374. The van der Waals surface area contributed by atoms with Gasteiger partial charge in [-0.1, -0.05) is 24.3 Å². The molecule has 0 amide bonds. The van der Waals surface area contributed by atoms with Gasteiger partial charge in [-0.15, -0.1) is 0 Å². The third kappa shape index (κ3) is 5.55. The molecule has 8 nitrogen and oxygen atoms in total. The summed E-state index contributed by atoms with van der Waals surface area (Å²) in [4.78, 5) is 40.9. The molecule has 8 heteroatoms. The van der Waals surface area contributed by atoms with Crippen molar-refractivity contribution in [2.75, 3.05) is 26.9 Å². The summed E-state index contributed by atoms with van der Waals surface area (Å²) in [7, 11) is 1.57. The molecule has 0 bridgehead atoms. The maximum atomic E-state index is 14.4. The SMILES string of the molecule is CCOC(=O)C1=C(C)NC2=C(C(=O)[C@@H](C(=O)OCC)[C@H](c3cccc(OC)c3)C2)[C@H]1c1ccc(OCC)cc1. The lowest BCUT2D eigenvalue weighted by atomic mass is 9.67. The number of esters is 2. The Morgan fingerprint density at radius 2 is 1.64 bits per heavy atom. The van der Waals surface area contributed by atoms with Crippen LogP contribution in [0.2, 0.25) is 0 Å². The average molecular weight is 534 g/mol. The van der Waals surface area contributed by atoms with Gasteiger partial charge in [-0.2, -0.15) is 0 Å². The molecular weight excluding hydrogens is 498 g/mol. The highest BCUT2D eigenvalue weighted by Crippen LogP contribution is 2.48. The smallest absolute Gasteiger partial charge is 0.336 e. The van der Waals surface area contributed by atoms with Gasteiger partial charge in [0.05, 0.1) is 32.5 Å². The Kier molecular flexibility index (Phi) is 8.74. The van der Waals surface area contributed by atoms with E-state index in [1.54, 1.807) is 27.9 Å². The number of dihydropyridines is 1. The molecule has 1 aliphatic heterocycles. The van der Waals surface area contributed by atoms with E-state index in [4.69, 9.17) is 18.9 Å². The van der Waals surface area contributed by atoms with Crippen LogP contribution in [0, 0.1) is 5.92 Å². The molecular formula is C31H35NO7. The fourth-order valence-corrected chi connectivity index (χ4v) is 5.46. The van der Waals surface area contributed by atoms with E-state index in [1.807, 2.05) is 55.5 Å². The van der Waals surface area contributed by atoms with Crippen molar-refractivity contribution >= 4 is 17.7 Å². The van der Waals surface area contributed by atoms with Crippen molar-refractivity contribution in [1.82, 2.24) is 5.32 Å². The number of hydrogen-bond donors (Lipinski definition) is 1. The summed E-state index contributed by atoms with van der Waals surface area (Å²) in [6, 6.07) is 14.7. The molecule has 3 atom stereocenters. The molecule has 0 fully saturated rings. The zero-order valence-corrected chi connectivity index (χ0v) is 23.0. The molecule has 39 heavy (non-hydrogen) atoms. The second-order valence-electron chi connectivity index (χ2n) is 9.39. The lowest BCUT2D eigenvalue weighted by Gasteiger charge is -2.39. The molecule has 2 aromatic carbocycles. The van der Waals surface area contributed by atoms with Gasteiger partial charge in [-0.05, 0) is 69.5 Å². The number of methoxy groups -OCH3 is 1. The summed E-state index contributed by atoms with van der Waals surface area (Å²) in [5.74, 6) is -2.43. The van der Waals surface area contributed by atoms with E-state index >= 15 is 0 Å². The molecule has 1 aliphatic carbocycles. The number of allylic oxidation sites excluding steroid dienone is 3. The Labute approximate surface area is 229 Å². The number of Topliss-reactive ketones (excluding diaryl/α,β-unsaturated/α-hetero) is 1. The van der Waals surface area contributed by atoms with E-state index in [1.165, 1.54) is 0 Å². The Morgan fingerprint density at radius 1 is 0.923 bits per heavy atom. The highest BCUT2D eigenvalue weighted by atomic mass is 16.5. The summed E-state index contributed by atoms with van der Waals surface area (Å²) in [5.41, 5.74) is 3.53. The van der Waals surface area contributed by atoms with Crippen LogP contribution in [0.1, 0.15) is 57.1 Å². The van der Waals surface area contributed by atoms with Gasteiger partial charge in [0, 0.05) is 28.8 Å². The lowest BCUT2D eigenvalue weighted by Crippen LogP contribution is -2.43. The van der Waals surface area contributed by atoms with E-state index in [0.717, 1.165) is 11.1 Å². The Balaban J connectivity index is 1.88. The van der Waals surface area contributed by atoms with Gasteiger partial charge in [0.15, 0.2) is 5.78 Å². The predicted octanol–water partition coefficient (Wildman–Crippen LogP) is 4.81. The van der Waals surface area contributed by atoms with Gasteiger partial charge in [0.1, 0.15) is 17.4 Å². The van der Waals surface area contributed by atoms with Gasteiger partial charge < -0.3 is 24.3 Å². The van der Waals surface area contributed by atoms with Gasteiger partial charge in [-0.3, -0.25) is 9.59 Å². The molecule has 1 heterocycles. The molecule has 0 saturated carbocycles. The number of ether oxygens (including phenoxy) is 4. The fraction of sp³-hybridized carbons (Fsp3) is 0.387. The number of carbonyl (C=O) groups excluding carboxylic acids is 3. The van der Waals surface area contributed by atoms with Crippen LogP contribution < -0.4 is 14.8 Å². The van der Waals surface area contributed by atoms with Crippen molar-refractivity contribution in [2.24, 2.45) is 5.92 Å². The van der Waals surface area contributed by atoms with E-state index in [9.17, 15) is 14.4 Å². The molecule has 206 valence electrons. The first kappa shape index (κ1) is 28.0. The minimum absolute atomic E-state index is 0.146. The first-order valence-corrected chi connectivity index (χ1v) is 13.3. The molecule has 0 radical (unpaired) electrons. The van der Waals surface area contributed by atoms with Crippen molar-refractivity contribution in [2.45, 2.75) is 46.0 Å². The normalized spacial score (nSPS) is 20.6. The number of benzene rings is 2. The molecule has 0 spiro atoms. The van der Waals surface area contributed by atoms with Crippen LogP contribution in [0.5, 0.6) is 11.5 Å². The number of nitrogens with one attached hydrogen (secondary N) is 1. The number of carbonyl (C=O) groups is 3. The van der Waals surface area contributed by atoms with Crippen LogP contribution >= 0.6 is 0 Å². The molecule has 0 saturated heterocycles. The number of rotatable bonds is 9. The topological polar surface area (TPSA) is 100 Å². The lowest BCUT2D eigenvalue weighted by molar-refractivity contribution is -0.152. The van der Waals surface area contributed by atoms with Crippen LogP contribution in [-0.2, 0) is 23.9 Å². The summed E-state index contributed by atoms with van der Waals surface area (Å²) >= 11 is 0. The third-order valence-corrected chi connectivity index (χ3v) is 7.10. The zero-order chi connectivity index (χ0) is 28.1. The van der Waals surface area contributed by atoms with Gasteiger partial charge >= 0.3 is 11.9 Å². The Morgan fingerprint density at radius 3 is 2.28 bits per heavy atom. The monoisotopic (exact) mass is 533 g/mol. The van der Waals surface area contributed by atoms with Gasteiger partial charge in [-0.25, -0.2) is 4.79 Å². The molecule has 2 aliphatic rings. The van der Waals surface area contributed by atoms with Crippen LogP contribution in [0.25, 0.3) is 0 Å². The third-order valence-electron chi connectivity index (χ3n) is 7.10. The first-order chi connectivity index (χ1) is 18.8. The zero-order valence-electron chi connectivity index (χ0n) is 23.0. The highest BCUT2D eigenvalue weighted by Gasteiger charge is 2.49. The molecule has 0 aromatic heterocycles. The molecule has 4 rings (SSSR count). The summed E-state index contributed by atoms with van der Waals surface area (Å²) in [5, 5.41) is 3.32. The van der Waals surface area contributed by atoms with Crippen LogP contribution in [-0.4, -0.2) is 44.7 Å². The summed E-state index contributed by atoms with van der Waals surface area (Å²) < 4.78 is 21.8. The Hall–Kier alpha value is -4.07. The van der Waals surface area contributed by atoms with Crippen molar-refractivity contribution in [3.05, 3.63) is 82.2 Å². The number of ketones is 1. The largest absolute Gasteiger partial charge is 0.497 e. The van der Waals surface area contributed by atoms with Crippen LogP contribution in [0.3, 0.4) is 0 Å². The molecule has 2 aromatic rings. The van der Waals surface area contributed by atoms with Crippen molar-refractivity contribution in [1.29, 1.82) is 0 Å².